The summed E-state index contributed by atoms with van der Waals surface area (Å²) in [5.41, 5.74) is 10.8. The summed E-state index contributed by atoms with van der Waals surface area (Å²) in [4.78, 5) is 9.62. The molecule has 29 heavy (non-hydrogen) atoms. The predicted octanol–water partition coefficient (Wildman–Crippen LogP) is 3.71. The summed E-state index contributed by atoms with van der Waals surface area (Å²) < 4.78 is 0. The average molecular weight is 392 g/mol. The fourth-order valence-corrected chi connectivity index (χ4v) is 3.90. The normalized spacial score (nSPS) is 18.1. The van der Waals surface area contributed by atoms with Gasteiger partial charge < -0.3 is 16.0 Å². The Morgan fingerprint density at radius 3 is 2.48 bits per heavy atom. The van der Waals surface area contributed by atoms with Crippen LogP contribution in [-0.4, -0.2) is 43.6 Å². The number of piperazine rings is 1. The topological polar surface area (TPSA) is 56.9 Å². The van der Waals surface area contributed by atoms with E-state index in [0.717, 1.165) is 31.1 Å². The van der Waals surface area contributed by atoms with Gasteiger partial charge in [-0.25, -0.2) is 4.99 Å². The summed E-state index contributed by atoms with van der Waals surface area (Å²) in [6.07, 6.45) is 3.89. The van der Waals surface area contributed by atoms with E-state index in [0.29, 0.717) is 12.5 Å². The molecule has 0 spiro atoms. The zero-order valence-electron chi connectivity index (χ0n) is 17.5. The highest BCUT2D eigenvalue weighted by Gasteiger charge is 2.26. The van der Waals surface area contributed by atoms with Crippen molar-refractivity contribution in [2.75, 3.05) is 42.9 Å². The number of guanidine groups is 1. The Hall–Kier alpha value is -2.53. The molecule has 1 aliphatic heterocycles. The molecule has 1 heterocycles. The van der Waals surface area contributed by atoms with Gasteiger partial charge in [-0.05, 0) is 60.6 Å². The molecule has 0 bridgehead atoms. The number of benzene rings is 2. The maximum atomic E-state index is 6.07. The van der Waals surface area contributed by atoms with Gasteiger partial charge in [0.15, 0.2) is 5.96 Å². The van der Waals surface area contributed by atoms with Crippen LogP contribution in [0.4, 0.5) is 11.4 Å². The minimum absolute atomic E-state index is 0.453. The molecule has 0 aromatic heterocycles. The second kappa shape index (κ2) is 9.31. The monoisotopic (exact) mass is 391 g/mol. The summed E-state index contributed by atoms with van der Waals surface area (Å²) in [6, 6.07) is 17.1. The molecule has 1 saturated carbocycles. The molecule has 3 N–H and O–H groups in total. The molecule has 2 aliphatic rings. The van der Waals surface area contributed by atoms with Crippen molar-refractivity contribution >= 4 is 17.3 Å². The van der Waals surface area contributed by atoms with E-state index in [1.54, 1.807) is 0 Å². The van der Waals surface area contributed by atoms with Crippen LogP contribution in [0.1, 0.15) is 30.9 Å². The van der Waals surface area contributed by atoms with Gasteiger partial charge in [-0.15, -0.1) is 0 Å². The van der Waals surface area contributed by atoms with Crippen LogP contribution in [-0.2, 0) is 13.0 Å². The van der Waals surface area contributed by atoms with Gasteiger partial charge in [0.1, 0.15) is 0 Å². The van der Waals surface area contributed by atoms with Crippen LogP contribution in [0.15, 0.2) is 53.5 Å². The average Bonchev–Trinajstić information content (AvgIpc) is 3.57. The first-order chi connectivity index (χ1) is 14.2. The third-order valence-electron chi connectivity index (χ3n) is 5.93. The molecule has 0 unspecified atom stereocenters. The molecule has 5 heteroatoms. The van der Waals surface area contributed by atoms with Crippen LogP contribution in [0.3, 0.4) is 0 Å². The maximum absolute atomic E-state index is 6.07. The number of nitrogens with one attached hydrogen (secondary N) is 1. The molecule has 0 amide bonds. The third-order valence-corrected chi connectivity index (χ3v) is 5.93. The summed E-state index contributed by atoms with van der Waals surface area (Å²) in [7, 11) is 0. The lowest BCUT2D eigenvalue weighted by Gasteiger charge is -2.36. The first kappa shape index (κ1) is 19.8. The molecule has 2 fully saturated rings. The van der Waals surface area contributed by atoms with Crippen LogP contribution in [0.5, 0.6) is 0 Å². The van der Waals surface area contributed by atoms with Crippen molar-refractivity contribution in [3.63, 3.8) is 0 Å². The molecule has 1 saturated heterocycles. The standard InChI is InChI=1S/C24H33N5/c1-2-19-4-3-5-22(16-19)27-24(25)26-17-20-8-10-23(11-9-20)29-14-12-28(13-15-29)18-21-6-7-21/h3-5,8-11,16,21H,2,6-7,12-15,17-18H2,1H3,(H3,25,26,27). The van der Waals surface area contributed by atoms with Gasteiger partial charge in [-0.1, -0.05) is 31.2 Å². The van der Waals surface area contributed by atoms with Crippen molar-refractivity contribution in [3.05, 3.63) is 59.7 Å². The van der Waals surface area contributed by atoms with E-state index < -0.39 is 0 Å². The molecule has 2 aromatic rings. The minimum atomic E-state index is 0.453. The SMILES string of the molecule is CCc1cccc(NC(N)=NCc2ccc(N3CCN(CC4CC4)CC3)cc2)c1. The van der Waals surface area contributed by atoms with E-state index >= 15 is 0 Å². The molecule has 154 valence electrons. The van der Waals surface area contributed by atoms with Crippen molar-refractivity contribution in [2.24, 2.45) is 16.6 Å². The number of nitrogens with zero attached hydrogens (tertiary/aromatic N) is 3. The quantitative estimate of drug-likeness (QED) is 0.558. The summed E-state index contributed by atoms with van der Waals surface area (Å²) in [5.74, 6) is 1.44. The van der Waals surface area contributed by atoms with Crippen LogP contribution >= 0.6 is 0 Å². The lowest BCUT2D eigenvalue weighted by atomic mass is 10.1. The van der Waals surface area contributed by atoms with Gasteiger partial charge >= 0.3 is 0 Å². The van der Waals surface area contributed by atoms with Crippen LogP contribution in [0, 0.1) is 5.92 Å². The summed E-state index contributed by atoms with van der Waals surface area (Å²) >= 11 is 0. The second-order valence-electron chi connectivity index (χ2n) is 8.28. The largest absolute Gasteiger partial charge is 0.370 e. The first-order valence-corrected chi connectivity index (χ1v) is 10.9. The molecular weight excluding hydrogens is 358 g/mol. The summed E-state index contributed by atoms with van der Waals surface area (Å²) in [5, 5.41) is 3.19. The highest BCUT2D eigenvalue weighted by Crippen LogP contribution is 2.30. The lowest BCUT2D eigenvalue weighted by molar-refractivity contribution is 0.248. The zero-order chi connectivity index (χ0) is 20.1. The fraction of sp³-hybridized carbons (Fsp3) is 0.458. The van der Waals surface area contributed by atoms with Crippen molar-refractivity contribution in [3.8, 4) is 0 Å². The third kappa shape index (κ3) is 5.73. The van der Waals surface area contributed by atoms with Crippen LogP contribution < -0.4 is 16.0 Å². The van der Waals surface area contributed by atoms with Gasteiger partial charge in [-0.2, -0.15) is 0 Å². The molecule has 0 atom stereocenters. The Morgan fingerprint density at radius 2 is 1.79 bits per heavy atom. The van der Waals surface area contributed by atoms with E-state index in [2.05, 4.69) is 63.4 Å². The number of nitrogens with two attached hydrogens (primary N) is 1. The maximum Gasteiger partial charge on any atom is 0.193 e. The number of hydrogen-bond donors (Lipinski definition) is 2. The van der Waals surface area contributed by atoms with E-state index in [1.165, 1.54) is 49.3 Å². The Bertz CT molecular complexity index is 817. The Morgan fingerprint density at radius 1 is 1.03 bits per heavy atom. The Balaban J connectivity index is 1.27. The van der Waals surface area contributed by atoms with E-state index in [9.17, 15) is 0 Å². The Kier molecular flexibility index (Phi) is 6.35. The number of rotatable bonds is 7. The van der Waals surface area contributed by atoms with Crippen molar-refractivity contribution in [2.45, 2.75) is 32.7 Å². The van der Waals surface area contributed by atoms with Crippen LogP contribution in [0.2, 0.25) is 0 Å². The molecule has 2 aromatic carbocycles. The van der Waals surface area contributed by atoms with Gasteiger partial charge in [-0.3, -0.25) is 4.90 Å². The van der Waals surface area contributed by atoms with Gasteiger partial charge in [0.25, 0.3) is 0 Å². The minimum Gasteiger partial charge on any atom is -0.370 e. The van der Waals surface area contributed by atoms with Gasteiger partial charge in [0, 0.05) is 44.1 Å². The van der Waals surface area contributed by atoms with Crippen molar-refractivity contribution < 1.29 is 0 Å². The first-order valence-electron chi connectivity index (χ1n) is 10.9. The second-order valence-corrected chi connectivity index (χ2v) is 8.28. The van der Waals surface area contributed by atoms with Crippen LogP contribution in [0.25, 0.3) is 0 Å². The number of hydrogen-bond acceptors (Lipinski definition) is 3. The zero-order valence-corrected chi connectivity index (χ0v) is 17.5. The molecule has 0 radical (unpaired) electrons. The smallest absolute Gasteiger partial charge is 0.193 e. The molecule has 4 rings (SSSR count). The van der Waals surface area contributed by atoms with E-state index in [-0.39, 0.29) is 0 Å². The molecule has 1 aliphatic carbocycles. The number of anilines is 2. The fourth-order valence-electron chi connectivity index (χ4n) is 3.90. The molecular formula is C24H33N5. The molecule has 5 nitrogen and oxygen atoms in total. The summed E-state index contributed by atoms with van der Waals surface area (Å²) in [6.45, 7) is 8.66. The van der Waals surface area contributed by atoms with E-state index in [4.69, 9.17) is 5.73 Å². The van der Waals surface area contributed by atoms with Gasteiger partial charge in [0.05, 0.1) is 6.54 Å². The van der Waals surface area contributed by atoms with Gasteiger partial charge in [0.2, 0.25) is 0 Å². The number of aryl methyl sites for hydroxylation is 1. The highest BCUT2D eigenvalue weighted by atomic mass is 15.3. The predicted molar refractivity (Wildman–Crippen MR) is 123 cm³/mol. The highest BCUT2D eigenvalue weighted by molar-refractivity contribution is 5.92. The Labute approximate surface area is 174 Å². The van der Waals surface area contributed by atoms with E-state index in [1.807, 2.05) is 12.1 Å². The van der Waals surface area contributed by atoms with Crippen molar-refractivity contribution in [1.29, 1.82) is 0 Å². The van der Waals surface area contributed by atoms with Crippen molar-refractivity contribution in [1.82, 2.24) is 4.90 Å². The lowest BCUT2D eigenvalue weighted by Crippen LogP contribution is -2.47. The number of aliphatic imine (C=N–C) groups is 1.